The number of aromatic nitrogens is 2. The van der Waals surface area contributed by atoms with Crippen LogP contribution in [0.4, 0.5) is 4.79 Å². The van der Waals surface area contributed by atoms with Gasteiger partial charge in [-0.1, -0.05) is 25.1 Å². The summed E-state index contributed by atoms with van der Waals surface area (Å²) < 4.78 is 1.80. The van der Waals surface area contributed by atoms with Crippen LogP contribution in [0.3, 0.4) is 0 Å². The lowest BCUT2D eigenvalue weighted by atomic mass is 10.2. The predicted octanol–water partition coefficient (Wildman–Crippen LogP) is 1.14. The van der Waals surface area contributed by atoms with E-state index in [0.717, 1.165) is 16.6 Å². The fraction of sp³-hybridized carbons (Fsp3) is 0.429. The third-order valence-electron chi connectivity index (χ3n) is 3.30. The molecule has 2 aromatic rings. The van der Waals surface area contributed by atoms with Crippen LogP contribution in [0.5, 0.6) is 0 Å². The molecule has 1 atom stereocenters. The lowest BCUT2D eigenvalue weighted by Crippen LogP contribution is -2.43. The summed E-state index contributed by atoms with van der Waals surface area (Å²) in [6.45, 7) is 2.21. The first kappa shape index (κ1) is 14.3. The van der Waals surface area contributed by atoms with Crippen molar-refractivity contribution in [3.8, 4) is 0 Å². The normalized spacial score (nSPS) is 12.3. The summed E-state index contributed by atoms with van der Waals surface area (Å²) in [6.07, 6.45) is 0.691. The Hall–Kier alpha value is -2.08. The van der Waals surface area contributed by atoms with Crippen LogP contribution < -0.4 is 10.6 Å². The average Bonchev–Trinajstić information content (AvgIpc) is 2.80. The van der Waals surface area contributed by atoms with Gasteiger partial charge in [-0.25, -0.2) is 4.79 Å². The maximum absolute atomic E-state index is 11.7. The first-order valence-electron chi connectivity index (χ1n) is 6.71. The Balaban J connectivity index is 2.01. The van der Waals surface area contributed by atoms with Crippen LogP contribution in [0, 0.1) is 0 Å². The van der Waals surface area contributed by atoms with Crippen molar-refractivity contribution in [3.05, 3.63) is 30.0 Å². The number of hydrogen-bond acceptors (Lipinski definition) is 3. The van der Waals surface area contributed by atoms with Gasteiger partial charge in [0.15, 0.2) is 0 Å². The maximum atomic E-state index is 11.7. The SMILES string of the molecule is CC[C@@H](CO)NC(=O)NCc1nn(C)c2ccccc12. The van der Waals surface area contributed by atoms with E-state index in [1.807, 2.05) is 38.2 Å². The highest BCUT2D eigenvalue weighted by atomic mass is 16.3. The number of carbonyl (C=O) groups excluding carboxylic acids is 1. The standard InChI is InChI=1S/C14H20N4O2/c1-3-10(9-19)16-14(20)15-8-12-11-6-4-5-7-13(11)18(2)17-12/h4-7,10,19H,3,8-9H2,1-2H3,(H2,15,16,20)/t10-/m0/s1. The highest BCUT2D eigenvalue weighted by Crippen LogP contribution is 2.16. The summed E-state index contributed by atoms with van der Waals surface area (Å²) in [5.41, 5.74) is 1.86. The number of nitrogens with one attached hydrogen (secondary N) is 2. The number of aliphatic hydroxyl groups is 1. The lowest BCUT2D eigenvalue weighted by Gasteiger charge is -2.14. The Morgan fingerprint density at radius 2 is 2.20 bits per heavy atom. The lowest BCUT2D eigenvalue weighted by molar-refractivity contribution is 0.214. The van der Waals surface area contributed by atoms with E-state index in [0.29, 0.717) is 13.0 Å². The fourth-order valence-corrected chi connectivity index (χ4v) is 2.10. The van der Waals surface area contributed by atoms with Crippen LogP contribution in [0.1, 0.15) is 19.0 Å². The third-order valence-corrected chi connectivity index (χ3v) is 3.30. The third kappa shape index (κ3) is 3.08. The van der Waals surface area contributed by atoms with E-state index in [9.17, 15) is 4.79 Å². The number of nitrogens with zero attached hydrogens (tertiary/aromatic N) is 2. The van der Waals surface area contributed by atoms with E-state index in [1.54, 1.807) is 4.68 Å². The maximum Gasteiger partial charge on any atom is 0.315 e. The van der Waals surface area contributed by atoms with Gasteiger partial charge in [0, 0.05) is 12.4 Å². The number of aliphatic hydroxyl groups excluding tert-OH is 1. The minimum absolute atomic E-state index is 0.0591. The zero-order valence-electron chi connectivity index (χ0n) is 11.8. The van der Waals surface area contributed by atoms with E-state index in [1.165, 1.54) is 0 Å². The second-order valence-electron chi connectivity index (χ2n) is 4.70. The Morgan fingerprint density at radius 3 is 2.90 bits per heavy atom. The average molecular weight is 276 g/mol. The number of fused-ring (bicyclic) bond motifs is 1. The van der Waals surface area contributed by atoms with Crippen LogP contribution in [-0.4, -0.2) is 33.6 Å². The molecule has 0 aliphatic rings. The zero-order valence-corrected chi connectivity index (χ0v) is 11.8. The number of carbonyl (C=O) groups is 1. The highest BCUT2D eigenvalue weighted by Gasteiger charge is 2.11. The summed E-state index contributed by atoms with van der Waals surface area (Å²) in [4.78, 5) is 11.7. The van der Waals surface area contributed by atoms with Gasteiger partial charge >= 0.3 is 6.03 Å². The number of para-hydroxylation sites is 1. The van der Waals surface area contributed by atoms with Crippen LogP contribution in [-0.2, 0) is 13.6 Å². The molecule has 108 valence electrons. The zero-order chi connectivity index (χ0) is 14.5. The monoisotopic (exact) mass is 276 g/mol. The second kappa shape index (κ2) is 6.38. The van der Waals surface area contributed by atoms with Crippen molar-refractivity contribution in [2.24, 2.45) is 7.05 Å². The van der Waals surface area contributed by atoms with Gasteiger partial charge in [-0.05, 0) is 12.5 Å². The molecule has 0 saturated heterocycles. The molecule has 2 rings (SSSR count). The molecule has 0 spiro atoms. The molecule has 0 aliphatic heterocycles. The number of amides is 2. The smallest absolute Gasteiger partial charge is 0.315 e. The van der Waals surface area contributed by atoms with Crippen molar-refractivity contribution in [2.75, 3.05) is 6.61 Å². The molecular formula is C14H20N4O2. The Morgan fingerprint density at radius 1 is 1.45 bits per heavy atom. The molecule has 0 radical (unpaired) electrons. The summed E-state index contributed by atoms with van der Waals surface area (Å²) in [5.74, 6) is 0. The van der Waals surface area contributed by atoms with Gasteiger partial charge in [0.2, 0.25) is 0 Å². The topological polar surface area (TPSA) is 79.2 Å². The quantitative estimate of drug-likeness (QED) is 0.766. The van der Waals surface area contributed by atoms with Crippen molar-refractivity contribution in [1.82, 2.24) is 20.4 Å². The molecular weight excluding hydrogens is 256 g/mol. The Labute approximate surface area is 117 Å². The van der Waals surface area contributed by atoms with Gasteiger partial charge in [-0.15, -0.1) is 0 Å². The molecule has 6 nitrogen and oxygen atoms in total. The van der Waals surface area contributed by atoms with Crippen LogP contribution in [0.25, 0.3) is 10.9 Å². The minimum Gasteiger partial charge on any atom is -0.394 e. The number of benzene rings is 1. The number of aryl methyl sites for hydroxylation is 1. The molecule has 1 aromatic carbocycles. The van der Waals surface area contributed by atoms with Crippen molar-refractivity contribution < 1.29 is 9.90 Å². The van der Waals surface area contributed by atoms with Crippen LogP contribution in [0.2, 0.25) is 0 Å². The molecule has 0 fully saturated rings. The van der Waals surface area contributed by atoms with E-state index in [2.05, 4.69) is 15.7 Å². The molecule has 0 saturated carbocycles. The Kier molecular flexibility index (Phi) is 4.57. The van der Waals surface area contributed by atoms with E-state index in [4.69, 9.17) is 5.11 Å². The fourth-order valence-electron chi connectivity index (χ4n) is 2.10. The van der Waals surface area contributed by atoms with E-state index < -0.39 is 0 Å². The molecule has 3 N–H and O–H groups in total. The molecule has 6 heteroatoms. The molecule has 2 amide bonds. The molecule has 20 heavy (non-hydrogen) atoms. The number of hydrogen-bond donors (Lipinski definition) is 3. The van der Waals surface area contributed by atoms with Gasteiger partial charge in [-0.2, -0.15) is 5.10 Å². The summed E-state index contributed by atoms with van der Waals surface area (Å²) in [5, 5.41) is 20.0. The van der Waals surface area contributed by atoms with Crippen molar-refractivity contribution >= 4 is 16.9 Å². The van der Waals surface area contributed by atoms with Crippen molar-refractivity contribution in [2.45, 2.75) is 25.9 Å². The van der Waals surface area contributed by atoms with Crippen LogP contribution >= 0.6 is 0 Å². The first-order chi connectivity index (χ1) is 9.65. The largest absolute Gasteiger partial charge is 0.394 e. The van der Waals surface area contributed by atoms with Crippen molar-refractivity contribution in [1.29, 1.82) is 0 Å². The van der Waals surface area contributed by atoms with E-state index in [-0.39, 0.29) is 18.7 Å². The number of urea groups is 1. The molecule has 0 bridgehead atoms. The summed E-state index contributed by atoms with van der Waals surface area (Å²) in [6, 6.07) is 7.38. The first-order valence-corrected chi connectivity index (χ1v) is 6.71. The van der Waals surface area contributed by atoms with Gasteiger partial charge in [0.1, 0.15) is 0 Å². The number of rotatable bonds is 5. The van der Waals surface area contributed by atoms with Gasteiger partial charge < -0.3 is 15.7 Å². The van der Waals surface area contributed by atoms with Gasteiger partial charge in [0.25, 0.3) is 0 Å². The molecule has 1 aromatic heterocycles. The summed E-state index contributed by atoms with van der Waals surface area (Å²) >= 11 is 0. The van der Waals surface area contributed by atoms with Gasteiger partial charge in [0.05, 0.1) is 30.4 Å². The van der Waals surface area contributed by atoms with Gasteiger partial charge in [-0.3, -0.25) is 4.68 Å². The molecule has 0 unspecified atom stereocenters. The molecule has 1 heterocycles. The van der Waals surface area contributed by atoms with Crippen molar-refractivity contribution in [3.63, 3.8) is 0 Å². The van der Waals surface area contributed by atoms with Crippen LogP contribution in [0.15, 0.2) is 24.3 Å². The predicted molar refractivity (Wildman–Crippen MR) is 77.3 cm³/mol. The Bertz CT molecular complexity index is 590. The second-order valence-corrected chi connectivity index (χ2v) is 4.70. The minimum atomic E-state index is -0.291. The highest BCUT2D eigenvalue weighted by molar-refractivity contribution is 5.82. The summed E-state index contributed by atoms with van der Waals surface area (Å²) in [7, 11) is 1.88. The van der Waals surface area contributed by atoms with E-state index >= 15 is 0 Å². The molecule has 0 aliphatic carbocycles.